The molecule has 1 fully saturated rings. The molecule has 0 aliphatic carbocycles. The predicted octanol–water partition coefficient (Wildman–Crippen LogP) is 2.51. The van der Waals surface area contributed by atoms with Crippen LogP contribution in [0.1, 0.15) is 42.4 Å². The fourth-order valence-electron chi connectivity index (χ4n) is 3.44. The summed E-state index contributed by atoms with van der Waals surface area (Å²) in [4.78, 5) is 19.2. The van der Waals surface area contributed by atoms with Crippen molar-refractivity contribution in [1.82, 2.24) is 14.5 Å². The number of nitrogens with zero attached hydrogens (tertiary/aromatic N) is 3. The average Bonchev–Trinajstić information content (AvgIpc) is 2.88. The normalized spacial score (nSPS) is 17.7. The van der Waals surface area contributed by atoms with Gasteiger partial charge in [0.15, 0.2) is 0 Å². The lowest BCUT2D eigenvalue weighted by molar-refractivity contribution is 0.0338. The summed E-state index contributed by atoms with van der Waals surface area (Å²) in [5, 5.41) is 9.62. The zero-order valence-electron chi connectivity index (χ0n) is 14.2. The van der Waals surface area contributed by atoms with Crippen LogP contribution in [0.4, 0.5) is 0 Å². The Balaban J connectivity index is 1.79. The van der Waals surface area contributed by atoms with Crippen molar-refractivity contribution in [2.45, 2.75) is 33.1 Å². The Labute approximate surface area is 136 Å². The Bertz CT molecular complexity index is 721. The van der Waals surface area contributed by atoms with E-state index in [-0.39, 0.29) is 17.9 Å². The number of imidazole rings is 1. The molecule has 1 N–H and O–H groups in total. The maximum absolute atomic E-state index is 12.8. The summed E-state index contributed by atoms with van der Waals surface area (Å²) < 4.78 is 2.03. The highest BCUT2D eigenvalue weighted by Crippen LogP contribution is 2.34. The second-order valence-electron chi connectivity index (χ2n) is 6.73. The van der Waals surface area contributed by atoms with Gasteiger partial charge in [0, 0.05) is 32.3 Å². The molecule has 0 bridgehead atoms. The molecule has 0 atom stereocenters. The molecule has 0 radical (unpaired) electrons. The maximum Gasteiger partial charge on any atom is 0.253 e. The van der Waals surface area contributed by atoms with Gasteiger partial charge in [-0.05, 0) is 49.8 Å². The van der Waals surface area contributed by atoms with Gasteiger partial charge in [0.2, 0.25) is 0 Å². The number of piperidine rings is 1. The van der Waals surface area contributed by atoms with Crippen molar-refractivity contribution in [1.29, 1.82) is 0 Å². The minimum absolute atomic E-state index is 0.00116. The number of benzene rings is 1. The van der Waals surface area contributed by atoms with Crippen LogP contribution in [0, 0.1) is 12.3 Å². The van der Waals surface area contributed by atoms with E-state index < -0.39 is 0 Å². The molecule has 5 heteroatoms. The highest BCUT2D eigenvalue weighted by Gasteiger charge is 2.34. The first-order valence-corrected chi connectivity index (χ1v) is 8.33. The van der Waals surface area contributed by atoms with E-state index in [2.05, 4.69) is 11.9 Å². The third-order valence-corrected chi connectivity index (χ3v) is 5.55. The standard InChI is InChI=1S/C18H25N3O2/c1-4-18(12-22)7-9-21(10-8-18)17(23)14-5-6-16-15(11-14)19-13(2)20(16)3/h5-6,11,22H,4,7-10,12H2,1-3H3. The molecule has 23 heavy (non-hydrogen) atoms. The average molecular weight is 315 g/mol. The second kappa shape index (κ2) is 5.96. The summed E-state index contributed by atoms with van der Waals surface area (Å²) in [6.07, 6.45) is 2.71. The zero-order valence-corrected chi connectivity index (χ0v) is 14.2. The molecule has 1 aromatic carbocycles. The summed E-state index contributed by atoms with van der Waals surface area (Å²) in [5.74, 6) is 1.01. The molecule has 0 unspecified atom stereocenters. The Hall–Kier alpha value is -1.88. The zero-order chi connectivity index (χ0) is 16.6. The number of aryl methyl sites for hydroxylation is 2. The Morgan fingerprint density at radius 3 is 2.65 bits per heavy atom. The Kier molecular flexibility index (Phi) is 4.15. The number of carbonyl (C=O) groups is 1. The largest absolute Gasteiger partial charge is 0.396 e. The van der Waals surface area contributed by atoms with Crippen molar-refractivity contribution in [2.24, 2.45) is 12.5 Å². The van der Waals surface area contributed by atoms with E-state index >= 15 is 0 Å². The first-order chi connectivity index (χ1) is 11.0. The van der Waals surface area contributed by atoms with Crippen molar-refractivity contribution >= 4 is 16.9 Å². The van der Waals surface area contributed by atoms with E-state index in [1.54, 1.807) is 0 Å². The van der Waals surface area contributed by atoms with E-state index in [4.69, 9.17) is 0 Å². The molecule has 0 spiro atoms. The summed E-state index contributed by atoms with van der Waals surface area (Å²) in [7, 11) is 1.98. The molecule has 1 aromatic heterocycles. The number of rotatable bonds is 3. The van der Waals surface area contributed by atoms with Gasteiger partial charge >= 0.3 is 0 Å². The Morgan fingerprint density at radius 2 is 2.04 bits per heavy atom. The van der Waals surface area contributed by atoms with E-state index in [9.17, 15) is 9.90 Å². The maximum atomic E-state index is 12.8. The van der Waals surface area contributed by atoms with Gasteiger partial charge in [-0.25, -0.2) is 4.98 Å². The van der Waals surface area contributed by atoms with Gasteiger partial charge in [-0.1, -0.05) is 6.92 Å². The van der Waals surface area contributed by atoms with Crippen LogP contribution in [-0.2, 0) is 7.05 Å². The summed E-state index contributed by atoms with van der Waals surface area (Å²) in [5.41, 5.74) is 2.61. The fraction of sp³-hybridized carbons (Fsp3) is 0.556. The number of carbonyl (C=O) groups excluding carboxylic acids is 1. The molecule has 1 saturated heterocycles. The SMILES string of the molecule is CCC1(CO)CCN(C(=O)c2ccc3c(c2)nc(C)n3C)CC1. The summed E-state index contributed by atoms with van der Waals surface area (Å²) in [6.45, 7) is 5.72. The lowest BCUT2D eigenvalue weighted by Crippen LogP contribution is -2.44. The van der Waals surface area contributed by atoms with Gasteiger partial charge in [0.05, 0.1) is 11.0 Å². The van der Waals surface area contributed by atoms with Crippen LogP contribution < -0.4 is 0 Å². The molecule has 124 valence electrons. The first-order valence-electron chi connectivity index (χ1n) is 8.33. The number of aromatic nitrogens is 2. The minimum atomic E-state index is -0.00116. The van der Waals surface area contributed by atoms with Crippen LogP contribution in [0.25, 0.3) is 11.0 Å². The van der Waals surface area contributed by atoms with E-state index in [0.717, 1.165) is 36.1 Å². The molecule has 1 aliphatic heterocycles. The van der Waals surface area contributed by atoms with Crippen LogP contribution in [0.3, 0.4) is 0 Å². The Morgan fingerprint density at radius 1 is 1.35 bits per heavy atom. The topological polar surface area (TPSA) is 58.4 Å². The summed E-state index contributed by atoms with van der Waals surface area (Å²) in [6, 6.07) is 5.74. The van der Waals surface area contributed by atoms with Gasteiger partial charge in [-0.15, -0.1) is 0 Å². The molecule has 2 aromatic rings. The van der Waals surface area contributed by atoms with Crippen LogP contribution in [0.2, 0.25) is 0 Å². The first kappa shape index (κ1) is 16.0. The van der Waals surface area contributed by atoms with Crippen LogP contribution in [-0.4, -0.2) is 45.2 Å². The molecule has 2 heterocycles. The quantitative estimate of drug-likeness (QED) is 0.947. The number of aliphatic hydroxyl groups is 1. The molecular formula is C18H25N3O2. The molecule has 3 rings (SSSR count). The monoisotopic (exact) mass is 315 g/mol. The van der Waals surface area contributed by atoms with Crippen molar-refractivity contribution < 1.29 is 9.90 Å². The number of fused-ring (bicyclic) bond motifs is 1. The predicted molar refractivity (Wildman–Crippen MR) is 90.4 cm³/mol. The number of amides is 1. The number of hydrogen-bond acceptors (Lipinski definition) is 3. The molecule has 1 aliphatic rings. The lowest BCUT2D eigenvalue weighted by atomic mass is 9.77. The molecule has 5 nitrogen and oxygen atoms in total. The number of hydrogen-bond donors (Lipinski definition) is 1. The van der Waals surface area contributed by atoms with Crippen molar-refractivity contribution in [2.75, 3.05) is 19.7 Å². The number of likely N-dealkylation sites (tertiary alicyclic amines) is 1. The van der Waals surface area contributed by atoms with Crippen LogP contribution >= 0.6 is 0 Å². The van der Waals surface area contributed by atoms with Gasteiger partial charge in [0.25, 0.3) is 5.91 Å². The lowest BCUT2D eigenvalue weighted by Gasteiger charge is -2.40. The van der Waals surface area contributed by atoms with E-state index in [1.165, 1.54) is 0 Å². The number of aliphatic hydroxyl groups excluding tert-OH is 1. The summed E-state index contributed by atoms with van der Waals surface area (Å²) >= 11 is 0. The second-order valence-corrected chi connectivity index (χ2v) is 6.73. The fourth-order valence-corrected chi connectivity index (χ4v) is 3.44. The van der Waals surface area contributed by atoms with E-state index in [0.29, 0.717) is 18.7 Å². The molecule has 1 amide bonds. The van der Waals surface area contributed by atoms with E-state index in [1.807, 2.05) is 41.6 Å². The van der Waals surface area contributed by atoms with Gasteiger partial charge < -0.3 is 14.6 Å². The third kappa shape index (κ3) is 2.74. The van der Waals surface area contributed by atoms with Gasteiger partial charge in [-0.2, -0.15) is 0 Å². The molecular weight excluding hydrogens is 290 g/mol. The van der Waals surface area contributed by atoms with Crippen LogP contribution in [0.5, 0.6) is 0 Å². The van der Waals surface area contributed by atoms with Gasteiger partial charge in [-0.3, -0.25) is 4.79 Å². The molecule has 0 saturated carbocycles. The smallest absolute Gasteiger partial charge is 0.253 e. The minimum Gasteiger partial charge on any atom is -0.396 e. The highest BCUT2D eigenvalue weighted by atomic mass is 16.3. The van der Waals surface area contributed by atoms with Crippen molar-refractivity contribution in [3.63, 3.8) is 0 Å². The third-order valence-electron chi connectivity index (χ3n) is 5.55. The van der Waals surface area contributed by atoms with Crippen molar-refractivity contribution in [3.05, 3.63) is 29.6 Å². The van der Waals surface area contributed by atoms with Crippen LogP contribution in [0.15, 0.2) is 18.2 Å². The van der Waals surface area contributed by atoms with Gasteiger partial charge in [0.1, 0.15) is 5.82 Å². The highest BCUT2D eigenvalue weighted by molar-refractivity contribution is 5.97. The van der Waals surface area contributed by atoms with Crippen molar-refractivity contribution in [3.8, 4) is 0 Å².